The third kappa shape index (κ3) is 2.24. The fraction of sp³-hybridized carbons (Fsp3) is 0.273. The van der Waals surface area contributed by atoms with Crippen LogP contribution in [-0.4, -0.2) is 52.9 Å². The molecule has 1 fully saturated rings. The zero-order valence-corrected chi connectivity index (χ0v) is 15.1. The summed E-state index contributed by atoms with van der Waals surface area (Å²) in [5, 5.41) is 0.766. The molecule has 1 N–H and O–H groups in total. The van der Waals surface area contributed by atoms with Gasteiger partial charge in [0.2, 0.25) is 18.6 Å². The minimum atomic E-state index is -2.87. The molecule has 0 bridgehead atoms. The number of amides is 2. The van der Waals surface area contributed by atoms with Crippen LogP contribution in [0.15, 0.2) is 42.5 Å². The number of carbonyl (C=O) groups excluding carboxylic acids is 2. The lowest BCUT2D eigenvalue weighted by atomic mass is 9.86. The van der Waals surface area contributed by atoms with Crippen LogP contribution in [0.3, 0.4) is 0 Å². The first-order valence-corrected chi connectivity index (χ1v) is 9.15. The largest absolute Gasteiger partial charge is 0.454 e. The first-order chi connectivity index (χ1) is 16.4. The lowest BCUT2D eigenvalue weighted by molar-refractivity contribution is -0.157. The van der Waals surface area contributed by atoms with Gasteiger partial charge in [-0.25, -0.2) is 0 Å². The van der Waals surface area contributed by atoms with Crippen molar-refractivity contribution < 1.29 is 27.3 Å². The van der Waals surface area contributed by atoms with E-state index in [-0.39, 0.29) is 17.9 Å². The quantitative estimate of drug-likeness (QED) is 0.686. The van der Waals surface area contributed by atoms with Gasteiger partial charge in [0, 0.05) is 34.1 Å². The van der Waals surface area contributed by atoms with Gasteiger partial charge in [-0.05, 0) is 29.3 Å². The van der Waals surface area contributed by atoms with E-state index in [1.807, 2.05) is 24.3 Å². The van der Waals surface area contributed by atoms with E-state index in [1.165, 1.54) is 12.1 Å². The molecular formula is C22H19N3O4. The van der Waals surface area contributed by atoms with Crippen molar-refractivity contribution in [2.45, 2.75) is 18.5 Å². The van der Waals surface area contributed by atoms with Gasteiger partial charge in [0.25, 0.3) is 0 Å². The van der Waals surface area contributed by atoms with Gasteiger partial charge in [-0.1, -0.05) is 24.3 Å². The Labute approximate surface area is 175 Å². The highest BCUT2D eigenvalue weighted by molar-refractivity contribution is 5.97. The number of ether oxygens (including phenoxy) is 2. The standard InChI is InChI=1S/C22H19N3O4/c1-24-10-19(26)25-16(22(24)27)9-14-13-4-2-3-5-15(13)23-20(14)21(25)12-6-7-17-18(8-12)29-11-28-17/h2-8,16,21,23H,9-11H2,1H3/t16-,21?/m1/s1/i1D3,11D2,16D. The molecule has 3 aliphatic rings. The molecule has 1 saturated heterocycles. The third-order valence-corrected chi connectivity index (χ3v) is 5.65. The van der Waals surface area contributed by atoms with Crippen LogP contribution in [0.1, 0.15) is 31.1 Å². The van der Waals surface area contributed by atoms with Gasteiger partial charge in [-0.15, -0.1) is 0 Å². The second kappa shape index (κ2) is 5.76. The summed E-state index contributed by atoms with van der Waals surface area (Å²) in [6.45, 7) is -5.90. The van der Waals surface area contributed by atoms with Crippen molar-refractivity contribution in [1.29, 1.82) is 0 Å². The summed E-state index contributed by atoms with van der Waals surface area (Å²) in [6, 6.07) is 8.82. The van der Waals surface area contributed by atoms with Gasteiger partial charge in [-0.3, -0.25) is 9.59 Å². The molecular weight excluding hydrogens is 370 g/mol. The normalized spacial score (nSPS) is 30.6. The van der Waals surface area contributed by atoms with Gasteiger partial charge in [0.1, 0.15) is 8.76 Å². The summed E-state index contributed by atoms with van der Waals surface area (Å²) in [5.74, 6) is -1.36. The molecule has 146 valence electrons. The number of benzene rings is 2. The molecule has 1 aromatic heterocycles. The van der Waals surface area contributed by atoms with Crippen molar-refractivity contribution in [2.75, 3.05) is 20.3 Å². The Morgan fingerprint density at radius 2 is 2.07 bits per heavy atom. The van der Waals surface area contributed by atoms with Crippen LogP contribution in [0, 0.1) is 0 Å². The third-order valence-electron chi connectivity index (χ3n) is 5.65. The molecule has 0 aliphatic carbocycles. The van der Waals surface area contributed by atoms with E-state index in [0.717, 1.165) is 15.8 Å². The number of piperazine rings is 1. The minimum absolute atomic E-state index is 0.117. The lowest BCUT2D eigenvalue weighted by Crippen LogP contribution is -2.62. The second-order valence-electron chi connectivity index (χ2n) is 7.24. The number of H-pyrrole nitrogens is 1. The molecule has 2 amide bonds. The van der Waals surface area contributed by atoms with Crippen LogP contribution in [0.2, 0.25) is 0 Å². The van der Waals surface area contributed by atoms with Gasteiger partial charge >= 0.3 is 0 Å². The van der Waals surface area contributed by atoms with Crippen LogP contribution in [0.4, 0.5) is 0 Å². The summed E-state index contributed by atoms with van der Waals surface area (Å²) in [6.07, 6.45) is -0.187. The van der Waals surface area contributed by atoms with Crippen LogP contribution in [0.25, 0.3) is 10.9 Å². The van der Waals surface area contributed by atoms with E-state index in [0.29, 0.717) is 21.7 Å². The molecule has 7 heteroatoms. The molecule has 29 heavy (non-hydrogen) atoms. The maximum absolute atomic E-state index is 13.5. The number of para-hydroxylation sites is 1. The number of carbonyl (C=O) groups is 2. The SMILES string of the molecule is [2H]C1([2H])Oc2ccc(C3c4[nH]c5ccccc5c4C[C@]4([2H])C(=O)N(C([2H])([2H])[2H])CC(=O)N34)cc2O1. The first kappa shape index (κ1) is 11.5. The maximum atomic E-state index is 13.5. The van der Waals surface area contributed by atoms with Crippen LogP contribution >= 0.6 is 0 Å². The van der Waals surface area contributed by atoms with Gasteiger partial charge < -0.3 is 24.3 Å². The van der Waals surface area contributed by atoms with E-state index >= 15 is 0 Å². The Morgan fingerprint density at radius 3 is 2.97 bits per heavy atom. The number of fused-ring (bicyclic) bond motifs is 5. The van der Waals surface area contributed by atoms with E-state index in [2.05, 4.69) is 4.98 Å². The second-order valence-corrected chi connectivity index (χ2v) is 7.24. The molecule has 2 atom stereocenters. The number of aromatic amines is 1. The average Bonchev–Trinajstić information content (AvgIpc) is 3.29. The topological polar surface area (TPSA) is 74.9 Å². The first-order valence-electron chi connectivity index (χ1n) is 12.1. The number of rotatable bonds is 1. The van der Waals surface area contributed by atoms with Crippen LogP contribution in [0.5, 0.6) is 11.5 Å². The highest BCUT2D eigenvalue weighted by atomic mass is 16.7. The molecule has 2 aromatic carbocycles. The summed E-state index contributed by atoms with van der Waals surface area (Å²) >= 11 is 0. The maximum Gasteiger partial charge on any atom is 0.245 e. The minimum Gasteiger partial charge on any atom is -0.454 e. The van der Waals surface area contributed by atoms with E-state index in [9.17, 15) is 11.0 Å². The zero-order chi connectivity index (χ0) is 24.9. The number of nitrogens with zero attached hydrogens (tertiary/aromatic N) is 2. The lowest BCUT2D eigenvalue weighted by Gasteiger charge is -2.46. The van der Waals surface area contributed by atoms with Crippen molar-refractivity contribution in [3.63, 3.8) is 0 Å². The molecule has 6 rings (SSSR count). The highest BCUT2D eigenvalue weighted by Gasteiger charge is 2.47. The smallest absolute Gasteiger partial charge is 0.245 e. The number of hydrogen-bond acceptors (Lipinski definition) is 4. The molecule has 0 radical (unpaired) electrons. The number of likely N-dealkylation sites (N-methyl/N-ethyl adjacent to an activating group) is 1. The predicted molar refractivity (Wildman–Crippen MR) is 105 cm³/mol. The molecule has 4 heterocycles. The fourth-order valence-electron chi connectivity index (χ4n) is 4.38. The van der Waals surface area contributed by atoms with E-state index in [1.54, 1.807) is 6.07 Å². The predicted octanol–water partition coefficient (Wildman–Crippen LogP) is 2.21. The van der Waals surface area contributed by atoms with Crippen molar-refractivity contribution in [3.8, 4) is 11.5 Å². The van der Waals surface area contributed by atoms with Gasteiger partial charge in [0.05, 0.1) is 14.0 Å². The highest BCUT2D eigenvalue weighted by Crippen LogP contribution is 2.44. The van der Waals surface area contributed by atoms with Crippen molar-refractivity contribution >= 4 is 22.7 Å². The summed E-state index contributed by atoms with van der Waals surface area (Å²) in [5.41, 5.74) is 2.44. The average molecular weight is 395 g/mol. The Morgan fingerprint density at radius 1 is 1.21 bits per heavy atom. The summed E-state index contributed by atoms with van der Waals surface area (Å²) in [7, 11) is 0. The summed E-state index contributed by atoms with van der Waals surface area (Å²) in [4.78, 5) is 31.8. The Bertz CT molecular complexity index is 1420. The fourth-order valence-corrected chi connectivity index (χ4v) is 4.38. The Kier molecular flexibility index (Phi) is 2.29. The monoisotopic (exact) mass is 395 g/mol. The molecule has 7 nitrogen and oxygen atoms in total. The van der Waals surface area contributed by atoms with Crippen molar-refractivity contribution in [3.05, 3.63) is 59.3 Å². The van der Waals surface area contributed by atoms with Crippen molar-refractivity contribution in [1.82, 2.24) is 14.8 Å². The Balaban J connectivity index is 1.57. The van der Waals surface area contributed by atoms with Crippen LogP contribution < -0.4 is 9.47 Å². The Hall–Kier alpha value is -3.48. The zero-order valence-electron chi connectivity index (χ0n) is 21.1. The van der Waals surface area contributed by atoms with Crippen molar-refractivity contribution in [2.24, 2.45) is 0 Å². The number of hydrogen-bond donors (Lipinski definition) is 1. The molecule has 0 saturated carbocycles. The van der Waals surface area contributed by atoms with Crippen LogP contribution in [-0.2, 0) is 16.0 Å². The summed E-state index contributed by atoms with van der Waals surface area (Å²) < 4.78 is 58.2. The molecule has 3 aliphatic heterocycles. The molecule has 0 spiro atoms. The van der Waals surface area contributed by atoms with Gasteiger partial charge in [-0.2, -0.15) is 0 Å². The van der Waals surface area contributed by atoms with E-state index < -0.39 is 44.1 Å². The van der Waals surface area contributed by atoms with Gasteiger partial charge in [0.15, 0.2) is 11.5 Å². The number of nitrogens with one attached hydrogen (secondary N) is 1. The van der Waals surface area contributed by atoms with E-state index in [4.69, 9.17) is 16.3 Å². The number of aromatic nitrogens is 1. The molecule has 3 aromatic rings. The molecule has 1 unspecified atom stereocenters.